The molecule has 0 N–H and O–H groups in total. The SMILES string of the molecule is CCN1CCN(c2cc(-c3ccccc3)c(F)c(S(=O)(=O)CC)c2)CC1. The average molecular weight is 376 g/mol. The Balaban J connectivity index is 2.09. The second kappa shape index (κ2) is 7.76. The van der Waals surface area contributed by atoms with Crippen molar-refractivity contribution in [2.24, 2.45) is 0 Å². The van der Waals surface area contributed by atoms with E-state index in [0.717, 1.165) is 38.4 Å². The molecule has 140 valence electrons. The van der Waals surface area contributed by atoms with Gasteiger partial charge in [0.1, 0.15) is 10.7 Å². The number of piperazine rings is 1. The Bertz CT molecular complexity index is 861. The first kappa shape index (κ1) is 18.9. The van der Waals surface area contributed by atoms with Crippen LogP contribution < -0.4 is 4.90 Å². The zero-order valence-electron chi connectivity index (χ0n) is 15.3. The third-order valence-electron chi connectivity index (χ3n) is 5.01. The van der Waals surface area contributed by atoms with E-state index in [1.807, 2.05) is 18.2 Å². The summed E-state index contributed by atoms with van der Waals surface area (Å²) in [5.74, 6) is -0.778. The molecule has 0 amide bonds. The minimum absolute atomic E-state index is 0.120. The van der Waals surface area contributed by atoms with Gasteiger partial charge in [-0.15, -0.1) is 0 Å². The zero-order valence-corrected chi connectivity index (χ0v) is 16.1. The molecule has 26 heavy (non-hydrogen) atoms. The summed E-state index contributed by atoms with van der Waals surface area (Å²) in [5.41, 5.74) is 1.80. The van der Waals surface area contributed by atoms with E-state index in [0.29, 0.717) is 11.1 Å². The summed E-state index contributed by atoms with van der Waals surface area (Å²) in [5, 5.41) is 0. The lowest BCUT2D eigenvalue weighted by atomic mass is 10.0. The third-order valence-corrected chi connectivity index (χ3v) is 6.74. The van der Waals surface area contributed by atoms with Gasteiger partial charge in [0, 0.05) is 37.4 Å². The summed E-state index contributed by atoms with van der Waals surface area (Å²) >= 11 is 0. The van der Waals surface area contributed by atoms with Crippen molar-refractivity contribution in [3.63, 3.8) is 0 Å². The van der Waals surface area contributed by atoms with Crippen LogP contribution >= 0.6 is 0 Å². The predicted octanol–water partition coefficient (Wildman–Crippen LogP) is 3.43. The highest BCUT2D eigenvalue weighted by Gasteiger charge is 2.25. The Hall–Kier alpha value is -1.92. The molecule has 4 nitrogen and oxygen atoms in total. The summed E-state index contributed by atoms with van der Waals surface area (Å²) in [4.78, 5) is 4.29. The van der Waals surface area contributed by atoms with Gasteiger partial charge in [-0.05, 0) is 24.2 Å². The lowest BCUT2D eigenvalue weighted by molar-refractivity contribution is 0.271. The molecule has 0 saturated carbocycles. The minimum Gasteiger partial charge on any atom is -0.369 e. The summed E-state index contributed by atoms with van der Waals surface area (Å²) in [6.07, 6.45) is 0. The van der Waals surface area contributed by atoms with Crippen molar-refractivity contribution >= 4 is 15.5 Å². The molecule has 0 radical (unpaired) electrons. The Morgan fingerprint density at radius 3 is 2.23 bits per heavy atom. The fraction of sp³-hybridized carbons (Fsp3) is 0.400. The number of benzene rings is 2. The van der Waals surface area contributed by atoms with Gasteiger partial charge in [0.05, 0.1) is 5.75 Å². The van der Waals surface area contributed by atoms with Gasteiger partial charge in [0.2, 0.25) is 0 Å². The van der Waals surface area contributed by atoms with Crippen molar-refractivity contribution in [2.75, 3.05) is 43.4 Å². The van der Waals surface area contributed by atoms with E-state index >= 15 is 4.39 Å². The number of hydrogen-bond donors (Lipinski definition) is 0. The van der Waals surface area contributed by atoms with Crippen LogP contribution in [-0.4, -0.2) is 51.8 Å². The molecule has 0 unspecified atom stereocenters. The largest absolute Gasteiger partial charge is 0.369 e. The molecule has 0 atom stereocenters. The van der Waals surface area contributed by atoms with Crippen LogP contribution in [0.15, 0.2) is 47.4 Å². The van der Waals surface area contributed by atoms with Crippen LogP contribution in [0.3, 0.4) is 0 Å². The molecule has 6 heteroatoms. The number of hydrogen-bond acceptors (Lipinski definition) is 4. The smallest absolute Gasteiger partial charge is 0.181 e. The van der Waals surface area contributed by atoms with E-state index in [4.69, 9.17) is 0 Å². The van der Waals surface area contributed by atoms with E-state index in [1.54, 1.807) is 25.1 Å². The number of rotatable bonds is 5. The van der Waals surface area contributed by atoms with Crippen LogP contribution in [0, 0.1) is 5.82 Å². The summed E-state index contributed by atoms with van der Waals surface area (Å²) < 4.78 is 40.0. The highest BCUT2D eigenvalue weighted by Crippen LogP contribution is 2.33. The van der Waals surface area contributed by atoms with Gasteiger partial charge in [0.15, 0.2) is 9.84 Å². The zero-order chi connectivity index (χ0) is 18.7. The molecule has 1 aliphatic heterocycles. The molecule has 0 aliphatic carbocycles. The van der Waals surface area contributed by atoms with Gasteiger partial charge in [-0.3, -0.25) is 0 Å². The summed E-state index contributed by atoms with van der Waals surface area (Å²) in [6.45, 7) is 8.13. The molecular formula is C20H25FN2O2S. The van der Waals surface area contributed by atoms with Crippen LogP contribution in [-0.2, 0) is 9.84 Å². The van der Waals surface area contributed by atoms with E-state index in [9.17, 15) is 8.42 Å². The van der Waals surface area contributed by atoms with Crippen molar-refractivity contribution in [3.8, 4) is 11.1 Å². The van der Waals surface area contributed by atoms with E-state index in [1.165, 1.54) is 6.07 Å². The van der Waals surface area contributed by atoms with E-state index in [-0.39, 0.29) is 10.6 Å². The Morgan fingerprint density at radius 2 is 1.65 bits per heavy atom. The Morgan fingerprint density at radius 1 is 1.00 bits per heavy atom. The van der Waals surface area contributed by atoms with Crippen LogP contribution in [0.4, 0.5) is 10.1 Å². The molecule has 1 saturated heterocycles. The third kappa shape index (κ3) is 3.76. The first-order valence-corrected chi connectivity index (χ1v) is 10.7. The number of halogens is 1. The highest BCUT2D eigenvalue weighted by molar-refractivity contribution is 7.91. The quantitative estimate of drug-likeness (QED) is 0.802. The van der Waals surface area contributed by atoms with Crippen molar-refractivity contribution < 1.29 is 12.8 Å². The summed E-state index contributed by atoms with van der Waals surface area (Å²) in [6, 6.07) is 12.4. The van der Waals surface area contributed by atoms with E-state index in [2.05, 4.69) is 16.7 Å². The van der Waals surface area contributed by atoms with Crippen molar-refractivity contribution in [2.45, 2.75) is 18.7 Å². The van der Waals surface area contributed by atoms with Crippen LogP contribution in [0.25, 0.3) is 11.1 Å². The topological polar surface area (TPSA) is 40.6 Å². The molecule has 1 aliphatic rings. The standard InChI is InChI=1S/C20H25FN2O2S/c1-3-22-10-12-23(13-11-22)17-14-18(16-8-6-5-7-9-16)20(21)19(15-17)26(24,25)4-2/h5-9,14-15H,3-4,10-13H2,1-2H3. The lowest BCUT2D eigenvalue weighted by Gasteiger charge is -2.36. The van der Waals surface area contributed by atoms with Gasteiger partial charge >= 0.3 is 0 Å². The van der Waals surface area contributed by atoms with Crippen molar-refractivity contribution in [1.82, 2.24) is 4.90 Å². The predicted molar refractivity (Wildman–Crippen MR) is 104 cm³/mol. The lowest BCUT2D eigenvalue weighted by Crippen LogP contribution is -2.46. The first-order valence-electron chi connectivity index (χ1n) is 9.05. The average Bonchev–Trinajstić information content (AvgIpc) is 2.69. The maximum absolute atomic E-state index is 15.1. The molecular weight excluding hydrogens is 351 g/mol. The monoisotopic (exact) mass is 376 g/mol. The molecule has 2 aromatic carbocycles. The molecule has 1 fully saturated rings. The number of sulfone groups is 1. The maximum Gasteiger partial charge on any atom is 0.181 e. The Labute approximate surface area is 155 Å². The molecule has 0 bridgehead atoms. The van der Waals surface area contributed by atoms with Crippen molar-refractivity contribution in [1.29, 1.82) is 0 Å². The van der Waals surface area contributed by atoms with E-state index < -0.39 is 15.7 Å². The molecule has 1 heterocycles. The molecule has 0 aromatic heterocycles. The first-order chi connectivity index (χ1) is 12.5. The van der Waals surface area contributed by atoms with Gasteiger partial charge in [-0.1, -0.05) is 44.2 Å². The normalized spacial score (nSPS) is 16.0. The highest BCUT2D eigenvalue weighted by atomic mass is 32.2. The minimum atomic E-state index is -3.65. The maximum atomic E-state index is 15.1. The summed E-state index contributed by atoms with van der Waals surface area (Å²) in [7, 11) is -3.65. The van der Waals surface area contributed by atoms with Gasteiger partial charge < -0.3 is 9.80 Å². The number of nitrogens with zero attached hydrogens (tertiary/aromatic N) is 2. The second-order valence-corrected chi connectivity index (χ2v) is 8.74. The van der Waals surface area contributed by atoms with Gasteiger partial charge in [0.25, 0.3) is 0 Å². The Kier molecular flexibility index (Phi) is 5.63. The number of anilines is 1. The van der Waals surface area contributed by atoms with Gasteiger partial charge in [-0.2, -0.15) is 0 Å². The number of likely N-dealkylation sites (N-methyl/N-ethyl adjacent to an activating group) is 1. The molecule has 3 rings (SSSR count). The van der Waals surface area contributed by atoms with Gasteiger partial charge in [-0.25, -0.2) is 12.8 Å². The fourth-order valence-corrected chi connectivity index (χ4v) is 4.29. The van der Waals surface area contributed by atoms with Crippen LogP contribution in [0.2, 0.25) is 0 Å². The molecule has 0 spiro atoms. The fourth-order valence-electron chi connectivity index (χ4n) is 3.30. The second-order valence-electron chi connectivity index (χ2n) is 6.50. The molecule has 2 aromatic rings. The van der Waals surface area contributed by atoms with Crippen LogP contribution in [0.1, 0.15) is 13.8 Å². The van der Waals surface area contributed by atoms with Crippen LogP contribution in [0.5, 0.6) is 0 Å². The van der Waals surface area contributed by atoms with Crippen molar-refractivity contribution in [3.05, 3.63) is 48.3 Å².